The first-order chi connectivity index (χ1) is 14.1. The van der Waals surface area contributed by atoms with Crippen molar-refractivity contribution in [2.75, 3.05) is 0 Å². The largest absolute Gasteiger partial charge is 0.322 e. The average Bonchev–Trinajstić information content (AvgIpc) is 2.74. The molecule has 0 radical (unpaired) electrons. The van der Waals surface area contributed by atoms with Crippen LogP contribution >= 0.6 is 22.6 Å². The Hall–Kier alpha value is -3.26. The second kappa shape index (κ2) is 6.97. The van der Waals surface area contributed by atoms with E-state index in [2.05, 4.69) is 27.6 Å². The van der Waals surface area contributed by atoms with Crippen LogP contribution in [0.5, 0.6) is 0 Å². The first kappa shape index (κ1) is 17.8. The Bertz CT molecular complexity index is 1500. The zero-order chi connectivity index (χ0) is 20.0. The van der Waals surface area contributed by atoms with Crippen LogP contribution in [0, 0.1) is 3.57 Å². The fourth-order valence-electron chi connectivity index (χ4n) is 3.54. The summed E-state index contributed by atoms with van der Waals surface area (Å²) in [5, 5.41) is 1.37. The molecule has 0 unspecified atom stereocenters. The molecule has 6 heteroatoms. The zero-order valence-corrected chi connectivity index (χ0v) is 17.3. The summed E-state index contributed by atoms with van der Waals surface area (Å²) in [6.07, 6.45) is 0. The van der Waals surface area contributed by atoms with Crippen molar-refractivity contribution in [3.63, 3.8) is 0 Å². The van der Waals surface area contributed by atoms with Crippen LogP contribution in [0.3, 0.4) is 0 Å². The van der Waals surface area contributed by atoms with Crippen molar-refractivity contribution >= 4 is 44.4 Å². The third kappa shape index (κ3) is 3.05. The van der Waals surface area contributed by atoms with E-state index in [0.29, 0.717) is 33.5 Å². The van der Waals surface area contributed by atoms with E-state index in [4.69, 9.17) is 4.98 Å². The topological polar surface area (TPSA) is 67.8 Å². The van der Waals surface area contributed by atoms with Gasteiger partial charge < -0.3 is 4.98 Å². The molecule has 0 amide bonds. The molecule has 140 valence electrons. The smallest absolute Gasteiger partial charge is 0.266 e. The highest BCUT2D eigenvalue weighted by Gasteiger charge is 2.17. The normalized spacial score (nSPS) is 11.2. The summed E-state index contributed by atoms with van der Waals surface area (Å²) in [6, 6.07) is 24.0. The van der Waals surface area contributed by atoms with E-state index in [1.54, 1.807) is 4.57 Å². The Morgan fingerprint density at radius 1 is 0.828 bits per heavy atom. The van der Waals surface area contributed by atoms with E-state index in [1.165, 1.54) is 6.07 Å². The van der Waals surface area contributed by atoms with E-state index < -0.39 is 0 Å². The summed E-state index contributed by atoms with van der Waals surface area (Å²) < 4.78 is 2.54. The van der Waals surface area contributed by atoms with Gasteiger partial charge in [0.25, 0.3) is 5.56 Å². The number of hydrogen-bond donors (Lipinski definition) is 1. The second-order valence-corrected chi connectivity index (χ2v) is 7.91. The van der Waals surface area contributed by atoms with E-state index >= 15 is 0 Å². The van der Waals surface area contributed by atoms with Gasteiger partial charge in [0.2, 0.25) is 5.56 Å². The molecule has 2 heterocycles. The average molecular weight is 491 g/mol. The van der Waals surface area contributed by atoms with Gasteiger partial charge in [-0.05, 0) is 59.0 Å². The molecule has 0 saturated carbocycles. The number of benzene rings is 3. The summed E-state index contributed by atoms with van der Waals surface area (Å²) in [7, 11) is 0. The summed E-state index contributed by atoms with van der Waals surface area (Å²) in [5.74, 6) is 0.442. The molecule has 2 aromatic heterocycles. The van der Waals surface area contributed by atoms with Gasteiger partial charge in [-0.15, -0.1) is 0 Å². The van der Waals surface area contributed by atoms with E-state index in [0.717, 1.165) is 8.96 Å². The maximum Gasteiger partial charge on any atom is 0.266 e. The summed E-state index contributed by atoms with van der Waals surface area (Å²) in [4.78, 5) is 33.5. The highest BCUT2D eigenvalue weighted by Crippen LogP contribution is 2.27. The molecular formula is C23H14IN3O2. The van der Waals surface area contributed by atoms with Crippen LogP contribution in [0.4, 0.5) is 0 Å². The highest BCUT2D eigenvalue weighted by molar-refractivity contribution is 14.1. The Morgan fingerprint density at radius 2 is 1.59 bits per heavy atom. The lowest BCUT2D eigenvalue weighted by Crippen LogP contribution is -2.22. The van der Waals surface area contributed by atoms with Crippen molar-refractivity contribution < 1.29 is 0 Å². The highest BCUT2D eigenvalue weighted by atomic mass is 127. The van der Waals surface area contributed by atoms with E-state index in [-0.39, 0.29) is 11.1 Å². The lowest BCUT2D eigenvalue weighted by molar-refractivity contribution is 0.976. The molecule has 29 heavy (non-hydrogen) atoms. The van der Waals surface area contributed by atoms with Crippen molar-refractivity contribution in [2.45, 2.75) is 0 Å². The quantitative estimate of drug-likeness (QED) is 0.370. The number of para-hydroxylation sites is 2. The van der Waals surface area contributed by atoms with Gasteiger partial charge in [0, 0.05) is 26.1 Å². The van der Waals surface area contributed by atoms with E-state index in [1.807, 2.05) is 72.8 Å². The fraction of sp³-hybridized carbons (Fsp3) is 0. The molecule has 0 bridgehead atoms. The molecule has 0 aliphatic carbocycles. The van der Waals surface area contributed by atoms with Crippen LogP contribution < -0.4 is 11.1 Å². The molecule has 5 nitrogen and oxygen atoms in total. The maximum absolute atomic E-state index is 13.5. The molecule has 0 aliphatic heterocycles. The minimum atomic E-state index is -0.240. The standard InChI is InChI=1S/C23H14IN3O2/c24-14-10-11-20-18(12-14)23(29)27(15-6-2-1-3-7-15)22(26-20)17-13-21(28)25-19-9-5-4-8-16(17)19/h1-13H,(H,25,28). The SMILES string of the molecule is O=c1cc(-c2nc3ccc(I)cc3c(=O)n2-c2ccccc2)c2ccccc2[nH]1. The van der Waals surface area contributed by atoms with Gasteiger partial charge in [-0.3, -0.25) is 14.2 Å². The predicted molar refractivity (Wildman–Crippen MR) is 124 cm³/mol. The molecule has 0 atom stereocenters. The molecule has 3 aromatic carbocycles. The lowest BCUT2D eigenvalue weighted by Gasteiger charge is -2.15. The maximum atomic E-state index is 13.5. The first-order valence-electron chi connectivity index (χ1n) is 9.02. The van der Waals surface area contributed by atoms with Gasteiger partial charge in [-0.2, -0.15) is 0 Å². The number of nitrogens with one attached hydrogen (secondary N) is 1. The number of halogens is 1. The Balaban J connectivity index is 1.98. The number of aromatic amines is 1. The van der Waals surface area contributed by atoms with Crippen molar-refractivity contribution in [1.82, 2.24) is 14.5 Å². The molecular weight excluding hydrogens is 477 g/mol. The number of nitrogens with zero attached hydrogens (tertiary/aromatic N) is 2. The van der Waals surface area contributed by atoms with Gasteiger partial charge in [0.15, 0.2) is 0 Å². The Kier molecular flexibility index (Phi) is 4.28. The number of pyridine rings is 1. The van der Waals surface area contributed by atoms with Crippen LogP contribution in [0.1, 0.15) is 0 Å². The Labute approximate surface area is 178 Å². The molecule has 0 saturated heterocycles. The number of H-pyrrole nitrogens is 1. The molecule has 0 spiro atoms. The summed E-state index contributed by atoms with van der Waals surface area (Å²) in [6.45, 7) is 0. The molecule has 0 fully saturated rings. The van der Waals surface area contributed by atoms with Gasteiger partial charge >= 0.3 is 0 Å². The number of hydrogen-bond acceptors (Lipinski definition) is 3. The lowest BCUT2D eigenvalue weighted by atomic mass is 10.1. The van der Waals surface area contributed by atoms with Crippen LogP contribution in [0.25, 0.3) is 38.9 Å². The molecule has 5 aromatic rings. The summed E-state index contributed by atoms with van der Waals surface area (Å²) in [5.41, 5.74) is 2.21. The Morgan fingerprint density at radius 3 is 2.41 bits per heavy atom. The fourth-order valence-corrected chi connectivity index (χ4v) is 4.04. The molecule has 5 rings (SSSR count). The predicted octanol–water partition coefficient (Wildman–Crippen LogP) is 4.50. The number of rotatable bonds is 2. The minimum Gasteiger partial charge on any atom is -0.322 e. The van der Waals surface area contributed by atoms with Gasteiger partial charge in [-0.25, -0.2) is 4.98 Å². The monoisotopic (exact) mass is 491 g/mol. The van der Waals surface area contributed by atoms with E-state index in [9.17, 15) is 9.59 Å². The third-order valence-corrected chi connectivity index (χ3v) is 5.51. The summed E-state index contributed by atoms with van der Waals surface area (Å²) >= 11 is 2.19. The minimum absolute atomic E-state index is 0.168. The molecule has 1 N–H and O–H groups in total. The van der Waals surface area contributed by atoms with Crippen LogP contribution in [0.15, 0.2) is 88.5 Å². The van der Waals surface area contributed by atoms with Crippen molar-refractivity contribution in [3.8, 4) is 17.1 Å². The third-order valence-electron chi connectivity index (χ3n) is 4.84. The van der Waals surface area contributed by atoms with Gasteiger partial charge in [-0.1, -0.05) is 36.4 Å². The van der Waals surface area contributed by atoms with Crippen LogP contribution in [-0.4, -0.2) is 14.5 Å². The molecule has 0 aliphatic rings. The van der Waals surface area contributed by atoms with Crippen molar-refractivity contribution in [1.29, 1.82) is 0 Å². The second-order valence-electron chi connectivity index (χ2n) is 6.67. The van der Waals surface area contributed by atoms with Gasteiger partial charge in [0.05, 0.1) is 16.6 Å². The number of aromatic nitrogens is 3. The zero-order valence-electron chi connectivity index (χ0n) is 15.1. The number of fused-ring (bicyclic) bond motifs is 2. The van der Waals surface area contributed by atoms with Crippen molar-refractivity contribution in [2.24, 2.45) is 0 Å². The van der Waals surface area contributed by atoms with Crippen LogP contribution in [-0.2, 0) is 0 Å². The van der Waals surface area contributed by atoms with Gasteiger partial charge in [0.1, 0.15) is 5.82 Å². The first-order valence-corrected chi connectivity index (χ1v) is 10.1. The van der Waals surface area contributed by atoms with Crippen molar-refractivity contribution in [3.05, 3.63) is 103 Å². The van der Waals surface area contributed by atoms with Crippen LogP contribution in [0.2, 0.25) is 0 Å².